The highest BCUT2D eigenvalue weighted by Crippen LogP contribution is 2.29. The first-order valence-electron chi connectivity index (χ1n) is 14.9. The molecule has 0 saturated heterocycles. The first-order chi connectivity index (χ1) is 22.1. The number of carbonyl (C=O) groups excluding carboxylic acids is 2. The van der Waals surface area contributed by atoms with Crippen molar-refractivity contribution in [1.82, 2.24) is 10.2 Å². The molecule has 1 atom stereocenters. The first kappa shape index (κ1) is 34.8. The van der Waals surface area contributed by atoms with E-state index in [-0.39, 0.29) is 29.5 Å². The van der Waals surface area contributed by atoms with Crippen molar-refractivity contribution in [3.05, 3.63) is 124 Å². The molecule has 0 aliphatic carbocycles. The van der Waals surface area contributed by atoms with Gasteiger partial charge in [-0.15, -0.1) is 0 Å². The van der Waals surface area contributed by atoms with Crippen molar-refractivity contribution in [3.63, 3.8) is 0 Å². The van der Waals surface area contributed by atoms with E-state index in [2.05, 4.69) is 5.32 Å². The Kier molecular flexibility index (Phi) is 12.5. The molecule has 11 heteroatoms. The highest BCUT2D eigenvalue weighted by atomic mass is 35.5. The van der Waals surface area contributed by atoms with E-state index >= 15 is 0 Å². The lowest BCUT2D eigenvalue weighted by atomic mass is 10.0. The zero-order chi connectivity index (χ0) is 33.1. The van der Waals surface area contributed by atoms with Crippen molar-refractivity contribution in [1.29, 1.82) is 0 Å². The number of ether oxygens (including phenoxy) is 1. The van der Waals surface area contributed by atoms with Crippen LogP contribution in [0, 0.1) is 0 Å². The number of anilines is 1. The van der Waals surface area contributed by atoms with Crippen LogP contribution in [0.5, 0.6) is 5.75 Å². The van der Waals surface area contributed by atoms with Crippen molar-refractivity contribution in [2.75, 3.05) is 24.5 Å². The van der Waals surface area contributed by atoms with Gasteiger partial charge < -0.3 is 15.0 Å². The number of halogens is 2. The van der Waals surface area contributed by atoms with Crippen molar-refractivity contribution in [2.45, 2.75) is 43.7 Å². The molecule has 2 amide bonds. The van der Waals surface area contributed by atoms with Crippen LogP contribution < -0.4 is 14.4 Å². The standard InChI is InChI=1S/C35H37Cl2N3O5S/c1-3-4-20-38-35(42)33(22-26-12-7-5-8-13-26)39(24-27-18-19-31(36)32(37)21-27)34(41)25-40(28-14-11-15-29(23-28)45-2)46(43,44)30-16-9-6-10-17-30/h5-19,21,23,33H,3-4,20,22,24-25H2,1-2H3,(H,38,42)/t33-/m1/s1. The van der Waals surface area contributed by atoms with Crippen molar-refractivity contribution < 1.29 is 22.7 Å². The summed E-state index contributed by atoms with van der Waals surface area (Å²) in [5, 5.41) is 3.61. The summed E-state index contributed by atoms with van der Waals surface area (Å²) in [6.45, 7) is 1.85. The third-order valence-electron chi connectivity index (χ3n) is 7.39. The second kappa shape index (κ2) is 16.5. The van der Waals surface area contributed by atoms with Gasteiger partial charge in [0.05, 0.1) is 27.7 Å². The van der Waals surface area contributed by atoms with Crippen LogP contribution in [0.15, 0.2) is 108 Å². The number of benzene rings is 4. The summed E-state index contributed by atoms with van der Waals surface area (Å²) < 4.78 is 34.6. The van der Waals surface area contributed by atoms with Gasteiger partial charge in [0.15, 0.2) is 0 Å². The van der Waals surface area contributed by atoms with Crippen LogP contribution in [0.1, 0.15) is 30.9 Å². The minimum absolute atomic E-state index is 0.0137. The number of nitrogens with zero attached hydrogens (tertiary/aromatic N) is 2. The molecule has 0 aliphatic rings. The average Bonchev–Trinajstić information content (AvgIpc) is 3.07. The summed E-state index contributed by atoms with van der Waals surface area (Å²) in [7, 11) is -2.75. The lowest BCUT2D eigenvalue weighted by molar-refractivity contribution is -0.140. The van der Waals surface area contributed by atoms with Crippen molar-refractivity contribution in [3.8, 4) is 5.75 Å². The van der Waals surface area contributed by atoms with Gasteiger partial charge >= 0.3 is 0 Å². The topological polar surface area (TPSA) is 96.0 Å². The van der Waals surface area contributed by atoms with Gasteiger partial charge in [-0.2, -0.15) is 0 Å². The van der Waals surface area contributed by atoms with Gasteiger partial charge in [0.2, 0.25) is 11.8 Å². The summed E-state index contributed by atoms with van der Waals surface area (Å²) in [6, 6.07) is 27.8. The second-order valence-corrected chi connectivity index (χ2v) is 13.3. The Morgan fingerprint density at radius 2 is 1.54 bits per heavy atom. The Labute approximate surface area is 280 Å². The highest BCUT2D eigenvalue weighted by molar-refractivity contribution is 7.92. The smallest absolute Gasteiger partial charge is 0.264 e. The maximum Gasteiger partial charge on any atom is 0.264 e. The average molecular weight is 683 g/mol. The summed E-state index contributed by atoms with van der Waals surface area (Å²) >= 11 is 12.5. The number of amides is 2. The number of rotatable bonds is 15. The maximum absolute atomic E-state index is 14.5. The first-order valence-corrected chi connectivity index (χ1v) is 17.1. The number of nitrogens with one attached hydrogen (secondary N) is 1. The molecule has 0 aliphatic heterocycles. The molecule has 0 spiro atoms. The fourth-order valence-corrected chi connectivity index (χ4v) is 6.66. The molecule has 0 heterocycles. The number of unbranched alkanes of at least 4 members (excludes halogenated alkanes) is 1. The quantitative estimate of drug-likeness (QED) is 0.140. The van der Waals surface area contributed by atoms with Crippen LogP contribution in [-0.4, -0.2) is 51.4 Å². The van der Waals surface area contributed by atoms with Gasteiger partial charge in [0.25, 0.3) is 10.0 Å². The minimum atomic E-state index is -4.22. The fourth-order valence-electron chi connectivity index (χ4n) is 4.91. The highest BCUT2D eigenvalue weighted by Gasteiger charge is 2.34. The Bertz CT molecular complexity index is 1720. The molecule has 242 valence electrons. The van der Waals surface area contributed by atoms with E-state index in [0.717, 1.165) is 22.7 Å². The van der Waals surface area contributed by atoms with Crippen LogP contribution >= 0.6 is 23.2 Å². The van der Waals surface area contributed by atoms with Gasteiger partial charge in [0, 0.05) is 25.6 Å². The van der Waals surface area contributed by atoms with E-state index in [0.29, 0.717) is 27.9 Å². The summed E-state index contributed by atoms with van der Waals surface area (Å²) in [4.78, 5) is 29.8. The number of methoxy groups -OCH3 is 1. The summed E-state index contributed by atoms with van der Waals surface area (Å²) in [5.74, 6) is -0.507. The van der Waals surface area contributed by atoms with E-state index in [4.69, 9.17) is 27.9 Å². The van der Waals surface area contributed by atoms with E-state index in [1.165, 1.54) is 24.1 Å². The Balaban J connectivity index is 1.81. The molecule has 46 heavy (non-hydrogen) atoms. The number of sulfonamides is 1. The van der Waals surface area contributed by atoms with Crippen LogP contribution in [0.25, 0.3) is 0 Å². The van der Waals surface area contributed by atoms with E-state index in [1.54, 1.807) is 60.7 Å². The molecule has 0 aromatic heterocycles. The molecule has 0 radical (unpaired) electrons. The largest absolute Gasteiger partial charge is 0.497 e. The van der Waals surface area contributed by atoms with Gasteiger partial charge in [-0.3, -0.25) is 13.9 Å². The zero-order valence-electron chi connectivity index (χ0n) is 25.7. The van der Waals surface area contributed by atoms with Crippen LogP contribution in [0.2, 0.25) is 10.0 Å². The van der Waals surface area contributed by atoms with Gasteiger partial charge in [-0.1, -0.05) is 97.2 Å². The lowest BCUT2D eigenvalue weighted by Crippen LogP contribution is -2.53. The zero-order valence-corrected chi connectivity index (χ0v) is 28.1. The van der Waals surface area contributed by atoms with E-state index in [1.807, 2.05) is 37.3 Å². The minimum Gasteiger partial charge on any atom is -0.497 e. The second-order valence-electron chi connectivity index (χ2n) is 10.6. The van der Waals surface area contributed by atoms with Crippen LogP contribution in [-0.2, 0) is 32.6 Å². The summed E-state index contributed by atoms with van der Waals surface area (Å²) in [6.07, 6.45) is 1.85. The lowest BCUT2D eigenvalue weighted by Gasteiger charge is -2.34. The van der Waals surface area contributed by atoms with Gasteiger partial charge in [0.1, 0.15) is 18.3 Å². The molecule has 4 aromatic carbocycles. The SMILES string of the molecule is CCCCNC(=O)[C@@H](Cc1ccccc1)N(Cc1ccc(Cl)c(Cl)c1)C(=O)CN(c1cccc(OC)c1)S(=O)(=O)c1ccccc1. The fraction of sp³-hybridized carbons (Fsp3) is 0.257. The summed E-state index contributed by atoms with van der Waals surface area (Å²) in [5.41, 5.74) is 1.70. The van der Waals surface area contributed by atoms with Crippen molar-refractivity contribution in [2.24, 2.45) is 0 Å². The Morgan fingerprint density at radius 1 is 0.848 bits per heavy atom. The molecule has 0 fully saturated rings. The predicted octanol–water partition coefficient (Wildman–Crippen LogP) is 6.75. The monoisotopic (exact) mass is 681 g/mol. The van der Waals surface area contributed by atoms with Crippen LogP contribution in [0.3, 0.4) is 0 Å². The third kappa shape index (κ3) is 9.02. The molecule has 1 N–H and O–H groups in total. The molecule has 0 unspecified atom stereocenters. The third-order valence-corrected chi connectivity index (χ3v) is 9.92. The number of hydrogen-bond donors (Lipinski definition) is 1. The Hall–Kier alpha value is -4.05. The Morgan fingerprint density at radius 3 is 2.20 bits per heavy atom. The maximum atomic E-state index is 14.5. The molecule has 4 rings (SSSR count). The van der Waals surface area contributed by atoms with E-state index < -0.39 is 28.5 Å². The molecular formula is C35H37Cl2N3O5S. The van der Waals surface area contributed by atoms with E-state index in [9.17, 15) is 18.0 Å². The normalized spacial score (nSPS) is 11.8. The van der Waals surface area contributed by atoms with Gasteiger partial charge in [-0.25, -0.2) is 8.42 Å². The number of hydrogen-bond acceptors (Lipinski definition) is 5. The van der Waals surface area contributed by atoms with Gasteiger partial charge in [-0.05, 0) is 53.9 Å². The predicted molar refractivity (Wildman–Crippen MR) is 183 cm³/mol. The molecule has 0 saturated carbocycles. The van der Waals surface area contributed by atoms with Crippen molar-refractivity contribution >= 4 is 50.7 Å². The molecule has 4 aromatic rings. The number of carbonyl (C=O) groups is 2. The molecule has 0 bridgehead atoms. The van der Waals surface area contributed by atoms with Crippen LogP contribution in [0.4, 0.5) is 5.69 Å². The molecule has 8 nitrogen and oxygen atoms in total. The molecular weight excluding hydrogens is 645 g/mol.